The van der Waals surface area contributed by atoms with Crippen molar-refractivity contribution in [2.45, 2.75) is 24.7 Å². The molecule has 1 N–H and O–H groups in total. The molecular weight excluding hydrogens is 359 g/mol. The first-order chi connectivity index (χ1) is 12.5. The van der Waals surface area contributed by atoms with E-state index in [1.807, 2.05) is 31.2 Å². The van der Waals surface area contributed by atoms with Crippen molar-refractivity contribution in [2.24, 2.45) is 0 Å². The number of hydrogen-bond acceptors (Lipinski definition) is 4. The van der Waals surface area contributed by atoms with Crippen molar-refractivity contribution in [3.05, 3.63) is 59.7 Å². The Morgan fingerprint density at radius 1 is 1.04 bits per heavy atom. The lowest BCUT2D eigenvalue weighted by Crippen LogP contribution is -2.09. The Balaban J connectivity index is 1.76. The number of benzene rings is 2. The minimum absolute atomic E-state index is 0.471. The second kappa shape index (κ2) is 7.95. The average molecular weight is 377 g/mol. The predicted octanol–water partition coefficient (Wildman–Crippen LogP) is 5.42. The molecule has 26 heavy (non-hydrogen) atoms. The van der Waals surface area contributed by atoms with E-state index in [4.69, 9.17) is 0 Å². The van der Waals surface area contributed by atoms with Gasteiger partial charge in [-0.2, -0.15) is 13.2 Å². The fraction of sp³-hybridized carbons (Fsp3) is 0.263. The van der Waals surface area contributed by atoms with Gasteiger partial charge in [0.05, 0.1) is 11.1 Å². The summed E-state index contributed by atoms with van der Waals surface area (Å²) in [5, 5.41) is 4.84. The standard InChI is InChI=1S/C19H18F3N3S/c1-2-26-18-24-16-9-4-3-8-15(16)17(25-18)23-11-10-13-6-5-7-14(12-13)19(20,21)22/h3-9,12H,2,10-11H2,1H3,(H,23,24,25). The van der Waals surface area contributed by atoms with E-state index < -0.39 is 11.7 Å². The van der Waals surface area contributed by atoms with Gasteiger partial charge in [-0.1, -0.05) is 49.0 Å². The van der Waals surface area contributed by atoms with Crippen LogP contribution >= 0.6 is 11.8 Å². The normalized spacial score (nSPS) is 11.7. The summed E-state index contributed by atoms with van der Waals surface area (Å²) in [5.41, 5.74) is 0.859. The second-order valence-electron chi connectivity index (χ2n) is 5.68. The number of thioether (sulfide) groups is 1. The minimum atomic E-state index is -4.32. The van der Waals surface area contributed by atoms with Crippen LogP contribution in [-0.4, -0.2) is 22.3 Å². The van der Waals surface area contributed by atoms with Crippen LogP contribution in [0.4, 0.5) is 19.0 Å². The van der Waals surface area contributed by atoms with Crippen LogP contribution < -0.4 is 5.32 Å². The molecule has 0 amide bonds. The van der Waals surface area contributed by atoms with Crippen molar-refractivity contribution in [3.63, 3.8) is 0 Å². The van der Waals surface area contributed by atoms with Gasteiger partial charge in [0.2, 0.25) is 0 Å². The molecule has 1 aromatic heterocycles. The Morgan fingerprint density at radius 3 is 2.62 bits per heavy atom. The van der Waals surface area contributed by atoms with Gasteiger partial charge in [0.25, 0.3) is 0 Å². The zero-order valence-electron chi connectivity index (χ0n) is 14.2. The summed E-state index contributed by atoms with van der Waals surface area (Å²) in [6.45, 7) is 2.52. The van der Waals surface area contributed by atoms with Crippen molar-refractivity contribution in [2.75, 3.05) is 17.6 Å². The Bertz CT molecular complexity index is 897. The molecule has 0 bridgehead atoms. The molecule has 0 radical (unpaired) electrons. The number of rotatable bonds is 6. The summed E-state index contributed by atoms with van der Waals surface area (Å²) in [4.78, 5) is 9.06. The Hall–Kier alpha value is -2.28. The number of para-hydroxylation sites is 1. The van der Waals surface area contributed by atoms with E-state index in [1.54, 1.807) is 17.8 Å². The fourth-order valence-electron chi connectivity index (χ4n) is 2.61. The van der Waals surface area contributed by atoms with Crippen LogP contribution in [0.5, 0.6) is 0 Å². The van der Waals surface area contributed by atoms with Gasteiger partial charge in [-0.15, -0.1) is 0 Å². The monoisotopic (exact) mass is 377 g/mol. The van der Waals surface area contributed by atoms with Crippen LogP contribution in [0.15, 0.2) is 53.7 Å². The smallest absolute Gasteiger partial charge is 0.369 e. The molecular formula is C19H18F3N3S. The van der Waals surface area contributed by atoms with Gasteiger partial charge in [-0.25, -0.2) is 9.97 Å². The van der Waals surface area contributed by atoms with Crippen LogP contribution in [0.2, 0.25) is 0 Å². The zero-order chi connectivity index (χ0) is 18.6. The van der Waals surface area contributed by atoms with Crippen LogP contribution in [0.1, 0.15) is 18.1 Å². The largest absolute Gasteiger partial charge is 0.416 e. The highest BCUT2D eigenvalue weighted by Crippen LogP contribution is 2.29. The molecule has 0 saturated carbocycles. The molecule has 0 spiro atoms. The maximum Gasteiger partial charge on any atom is 0.416 e. The molecule has 0 atom stereocenters. The quantitative estimate of drug-likeness (QED) is 0.460. The molecule has 1 heterocycles. The van der Waals surface area contributed by atoms with Crippen molar-refractivity contribution in [1.82, 2.24) is 9.97 Å². The lowest BCUT2D eigenvalue weighted by Gasteiger charge is -2.11. The summed E-state index contributed by atoms with van der Waals surface area (Å²) in [6, 6.07) is 13.1. The SMILES string of the molecule is CCSc1nc(NCCc2cccc(C(F)(F)F)c2)c2ccccc2n1. The first kappa shape index (κ1) is 18.5. The van der Waals surface area contributed by atoms with E-state index in [0.29, 0.717) is 29.5 Å². The van der Waals surface area contributed by atoms with Crippen LogP contribution in [0, 0.1) is 0 Å². The van der Waals surface area contributed by atoms with E-state index in [2.05, 4.69) is 15.3 Å². The Kier molecular flexibility index (Phi) is 5.66. The van der Waals surface area contributed by atoms with Crippen LogP contribution in [-0.2, 0) is 12.6 Å². The van der Waals surface area contributed by atoms with E-state index in [0.717, 1.165) is 22.7 Å². The fourth-order valence-corrected chi connectivity index (χ4v) is 3.19. The summed E-state index contributed by atoms with van der Waals surface area (Å²) >= 11 is 1.55. The van der Waals surface area contributed by atoms with Crippen molar-refractivity contribution in [1.29, 1.82) is 0 Å². The summed E-state index contributed by atoms with van der Waals surface area (Å²) in [6.07, 6.45) is -3.85. The van der Waals surface area contributed by atoms with E-state index in [9.17, 15) is 13.2 Å². The maximum absolute atomic E-state index is 12.8. The van der Waals surface area contributed by atoms with Gasteiger partial charge in [0, 0.05) is 11.9 Å². The highest BCUT2D eigenvalue weighted by Gasteiger charge is 2.30. The van der Waals surface area contributed by atoms with Crippen molar-refractivity contribution < 1.29 is 13.2 Å². The van der Waals surface area contributed by atoms with Gasteiger partial charge in [0.15, 0.2) is 5.16 Å². The maximum atomic E-state index is 12.8. The Labute approximate surface area is 154 Å². The molecule has 0 saturated heterocycles. The van der Waals surface area contributed by atoms with Crippen LogP contribution in [0.3, 0.4) is 0 Å². The third kappa shape index (κ3) is 4.46. The summed E-state index contributed by atoms with van der Waals surface area (Å²) in [7, 11) is 0. The minimum Gasteiger partial charge on any atom is -0.369 e. The number of alkyl halides is 3. The lowest BCUT2D eigenvalue weighted by atomic mass is 10.1. The summed E-state index contributed by atoms with van der Waals surface area (Å²) < 4.78 is 38.4. The molecule has 0 aliphatic rings. The van der Waals surface area contributed by atoms with Gasteiger partial charge >= 0.3 is 6.18 Å². The first-order valence-electron chi connectivity index (χ1n) is 8.27. The van der Waals surface area contributed by atoms with E-state index in [-0.39, 0.29) is 0 Å². The molecule has 0 aliphatic heterocycles. The van der Waals surface area contributed by atoms with Gasteiger partial charge in [-0.3, -0.25) is 0 Å². The van der Waals surface area contributed by atoms with Gasteiger partial charge < -0.3 is 5.32 Å². The topological polar surface area (TPSA) is 37.8 Å². The number of anilines is 1. The molecule has 3 nitrogen and oxygen atoms in total. The molecule has 0 unspecified atom stereocenters. The number of halogens is 3. The third-order valence-electron chi connectivity index (χ3n) is 3.82. The molecule has 3 rings (SSSR count). The van der Waals surface area contributed by atoms with Crippen LogP contribution in [0.25, 0.3) is 10.9 Å². The Morgan fingerprint density at radius 2 is 1.85 bits per heavy atom. The second-order valence-corrected chi connectivity index (χ2v) is 6.91. The van der Waals surface area contributed by atoms with Gasteiger partial charge in [-0.05, 0) is 35.9 Å². The highest BCUT2D eigenvalue weighted by atomic mass is 32.2. The summed E-state index contributed by atoms with van der Waals surface area (Å²) in [5.74, 6) is 1.57. The molecule has 0 aliphatic carbocycles. The lowest BCUT2D eigenvalue weighted by molar-refractivity contribution is -0.137. The molecule has 136 valence electrons. The zero-order valence-corrected chi connectivity index (χ0v) is 15.0. The van der Waals surface area contributed by atoms with E-state index >= 15 is 0 Å². The number of fused-ring (bicyclic) bond motifs is 1. The highest BCUT2D eigenvalue weighted by molar-refractivity contribution is 7.99. The predicted molar refractivity (Wildman–Crippen MR) is 99.6 cm³/mol. The molecule has 7 heteroatoms. The van der Waals surface area contributed by atoms with Crippen molar-refractivity contribution in [3.8, 4) is 0 Å². The first-order valence-corrected chi connectivity index (χ1v) is 9.25. The molecule has 2 aromatic carbocycles. The van der Waals surface area contributed by atoms with Crippen molar-refractivity contribution >= 4 is 28.5 Å². The van der Waals surface area contributed by atoms with E-state index in [1.165, 1.54) is 12.1 Å². The molecule has 0 fully saturated rings. The number of nitrogens with zero attached hydrogens (tertiary/aromatic N) is 2. The number of nitrogens with one attached hydrogen (secondary N) is 1. The average Bonchev–Trinajstić information content (AvgIpc) is 2.61. The molecule has 3 aromatic rings. The number of aromatic nitrogens is 2. The third-order valence-corrected chi connectivity index (χ3v) is 4.55. The van der Waals surface area contributed by atoms with Gasteiger partial charge in [0.1, 0.15) is 5.82 Å². The number of hydrogen-bond donors (Lipinski definition) is 1.